The molecule has 3 heterocycles. The highest BCUT2D eigenvalue weighted by Gasteiger charge is 2.11. The van der Waals surface area contributed by atoms with Crippen molar-refractivity contribution in [2.24, 2.45) is 0 Å². The summed E-state index contributed by atoms with van der Waals surface area (Å²) in [6, 6.07) is 11.8. The standard InChI is InChI=1S/C17H14N6O3S2/c1-10-7-13-18-12(8-14(24)23(13)26-10)9-27-17-22-21-16(28-17)20-15(25)19-11-5-3-2-4-6-11/h2-8H,9H2,1H3,(H2,19,20,21,25). The van der Waals surface area contributed by atoms with E-state index in [1.807, 2.05) is 18.2 Å². The summed E-state index contributed by atoms with van der Waals surface area (Å²) in [5, 5.41) is 13.7. The van der Waals surface area contributed by atoms with Gasteiger partial charge in [-0.1, -0.05) is 41.3 Å². The molecule has 0 atom stereocenters. The molecule has 0 spiro atoms. The second-order valence-corrected chi connectivity index (χ2v) is 7.89. The van der Waals surface area contributed by atoms with E-state index in [9.17, 15) is 9.59 Å². The minimum absolute atomic E-state index is 0.272. The highest BCUT2D eigenvalue weighted by Crippen LogP contribution is 2.27. The van der Waals surface area contributed by atoms with Gasteiger partial charge in [-0.05, 0) is 19.1 Å². The number of thioether (sulfide) groups is 1. The van der Waals surface area contributed by atoms with Crippen LogP contribution in [0.25, 0.3) is 5.65 Å². The van der Waals surface area contributed by atoms with Crippen LogP contribution in [0.15, 0.2) is 56.1 Å². The third-order valence-corrected chi connectivity index (χ3v) is 5.53. The maximum Gasteiger partial charge on any atom is 0.325 e. The van der Waals surface area contributed by atoms with E-state index in [2.05, 4.69) is 25.8 Å². The molecule has 0 bridgehead atoms. The van der Waals surface area contributed by atoms with Gasteiger partial charge in [-0.25, -0.2) is 9.78 Å². The Morgan fingerprint density at radius 2 is 2.04 bits per heavy atom. The lowest BCUT2D eigenvalue weighted by Gasteiger charge is -2.03. The Kier molecular flexibility index (Phi) is 5.08. The summed E-state index contributed by atoms with van der Waals surface area (Å²) >= 11 is 2.62. The molecule has 0 unspecified atom stereocenters. The van der Waals surface area contributed by atoms with Crippen LogP contribution in [0.5, 0.6) is 0 Å². The van der Waals surface area contributed by atoms with E-state index in [0.717, 1.165) is 4.57 Å². The van der Waals surface area contributed by atoms with Crippen LogP contribution in [-0.4, -0.2) is 25.8 Å². The number of nitrogens with one attached hydrogen (secondary N) is 2. The first-order chi connectivity index (χ1) is 13.6. The lowest BCUT2D eigenvalue weighted by atomic mass is 10.3. The van der Waals surface area contributed by atoms with Gasteiger partial charge in [-0.3, -0.25) is 10.1 Å². The third-order valence-electron chi connectivity index (χ3n) is 3.53. The van der Waals surface area contributed by atoms with E-state index in [4.69, 9.17) is 4.52 Å². The van der Waals surface area contributed by atoms with Crippen molar-refractivity contribution in [1.82, 2.24) is 19.8 Å². The number of benzene rings is 1. The number of carbonyl (C=O) groups is 1. The van der Waals surface area contributed by atoms with Gasteiger partial charge >= 0.3 is 6.03 Å². The molecule has 0 aliphatic heterocycles. The van der Waals surface area contributed by atoms with Crippen molar-refractivity contribution in [2.45, 2.75) is 17.0 Å². The molecule has 4 aromatic rings. The highest BCUT2D eigenvalue weighted by molar-refractivity contribution is 8.00. The Morgan fingerprint density at radius 3 is 2.86 bits per heavy atom. The number of fused-ring (bicyclic) bond motifs is 1. The fourth-order valence-electron chi connectivity index (χ4n) is 2.38. The number of amides is 2. The van der Waals surface area contributed by atoms with Crippen LogP contribution >= 0.6 is 23.1 Å². The van der Waals surface area contributed by atoms with Gasteiger partial charge in [0.05, 0.1) is 5.69 Å². The van der Waals surface area contributed by atoms with Crippen molar-refractivity contribution in [3.8, 4) is 0 Å². The number of carbonyl (C=O) groups excluding carboxylic acids is 1. The molecule has 0 aliphatic carbocycles. The Balaban J connectivity index is 1.37. The quantitative estimate of drug-likeness (QED) is 0.380. The molecule has 0 saturated carbocycles. The van der Waals surface area contributed by atoms with Gasteiger partial charge in [0.25, 0.3) is 5.56 Å². The molecule has 0 saturated heterocycles. The Morgan fingerprint density at radius 1 is 1.21 bits per heavy atom. The number of anilines is 2. The Labute approximate surface area is 166 Å². The van der Waals surface area contributed by atoms with E-state index in [0.29, 0.717) is 38.0 Å². The largest absolute Gasteiger partial charge is 0.375 e. The van der Waals surface area contributed by atoms with Gasteiger partial charge in [0.1, 0.15) is 5.76 Å². The minimum atomic E-state index is -0.394. The van der Waals surface area contributed by atoms with Crippen molar-refractivity contribution >= 4 is 45.6 Å². The number of para-hydroxylation sites is 1. The summed E-state index contributed by atoms with van der Waals surface area (Å²) in [5.41, 5.74) is 1.49. The van der Waals surface area contributed by atoms with Crippen LogP contribution in [-0.2, 0) is 5.75 Å². The average Bonchev–Trinajstić information content (AvgIpc) is 3.26. The fourth-order valence-corrected chi connectivity index (χ4v) is 4.02. The van der Waals surface area contributed by atoms with Crippen molar-refractivity contribution in [3.05, 3.63) is 64.3 Å². The fraction of sp³-hybridized carbons (Fsp3) is 0.118. The average molecular weight is 414 g/mol. The normalized spacial score (nSPS) is 10.9. The van der Waals surface area contributed by atoms with Gasteiger partial charge in [-0.2, -0.15) is 0 Å². The lowest BCUT2D eigenvalue weighted by Crippen LogP contribution is -2.19. The monoisotopic (exact) mass is 414 g/mol. The maximum atomic E-state index is 12.0. The van der Waals surface area contributed by atoms with Gasteiger partial charge in [0, 0.05) is 23.6 Å². The minimum Gasteiger partial charge on any atom is -0.375 e. The molecule has 2 amide bonds. The third kappa shape index (κ3) is 4.21. The molecule has 3 aromatic heterocycles. The van der Waals surface area contributed by atoms with Crippen molar-refractivity contribution in [1.29, 1.82) is 0 Å². The van der Waals surface area contributed by atoms with E-state index in [1.54, 1.807) is 25.1 Å². The van der Waals surface area contributed by atoms with Crippen LogP contribution in [0.1, 0.15) is 11.5 Å². The zero-order valence-corrected chi connectivity index (χ0v) is 16.2. The van der Waals surface area contributed by atoms with Crippen molar-refractivity contribution in [2.75, 3.05) is 10.6 Å². The first-order valence-corrected chi connectivity index (χ1v) is 9.96. The topological polar surface area (TPSA) is 114 Å². The lowest BCUT2D eigenvalue weighted by molar-refractivity contribution is 0.262. The smallest absolute Gasteiger partial charge is 0.325 e. The predicted molar refractivity (Wildman–Crippen MR) is 107 cm³/mol. The van der Waals surface area contributed by atoms with Crippen LogP contribution in [0, 0.1) is 6.92 Å². The molecule has 2 N–H and O–H groups in total. The zero-order valence-electron chi connectivity index (χ0n) is 14.6. The van der Waals surface area contributed by atoms with E-state index in [1.165, 1.54) is 29.2 Å². The number of aromatic nitrogens is 4. The van der Waals surface area contributed by atoms with Crippen molar-refractivity contribution in [3.63, 3.8) is 0 Å². The highest BCUT2D eigenvalue weighted by atomic mass is 32.2. The number of hydrogen-bond donors (Lipinski definition) is 2. The molecular weight excluding hydrogens is 400 g/mol. The number of rotatable bonds is 5. The van der Waals surface area contributed by atoms with Crippen molar-refractivity contribution < 1.29 is 9.32 Å². The molecule has 1 aromatic carbocycles. The number of hydrogen-bond acceptors (Lipinski definition) is 8. The molecule has 0 aliphatic rings. The first-order valence-electron chi connectivity index (χ1n) is 8.16. The molecule has 0 radical (unpaired) electrons. The van der Waals surface area contributed by atoms with E-state index >= 15 is 0 Å². The van der Waals surface area contributed by atoms with E-state index in [-0.39, 0.29) is 5.56 Å². The van der Waals surface area contributed by atoms with Gasteiger partial charge in [0.15, 0.2) is 9.99 Å². The van der Waals surface area contributed by atoms with Gasteiger partial charge < -0.3 is 9.84 Å². The summed E-state index contributed by atoms with van der Waals surface area (Å²) in [6.07, 6.45) is 0. The number of nitrogens with zero attached hydrogens (tertiary/aromatic N) is 4. The summed E-state index contributed by atoms with van der Waals surface area (Å²) in [6.45, 7) is 1.76. The summed E-state index contributed by atoms with van der Waals surface area (Å²) in [7, 11) is 0. The Bertz CT molecular complexity index is 1180. The number of urea groups is 1. The molecule has 9 nitrogen and oxygen atoms in total. The molecule has 0 fully saturated rings. The van der Waals surface area contributed by atoms with E-state index < -0.39 is 6.03 Å². The van der Waals surface area contributed by atoms with Gasteiger partial charge in [0.2, 0.25) is 5.13 Å². The van der Waals surface area contributed by atoms with Gasteiger partial charge in [-0.15, -0.1) is 14.8 Å². The second-order valence-electron chi connectivity index (χ2n) is 5.69. The summed E-state index contributed by atoms with van der Waals surface area (Å²) < 4.78 is 7.08. The maximum absolute atomic E-state index is 12.0. The van der Waals surface area contributed by atoms with Crippen LogP contribution in [0.3, 0.4) is 0 Å². The number of aryl methyl sites for hydroxylation is 1. The zero-order chi connectivity index (χ0) is 19.5. The van der Waals surface area contributed by atoms with Crippen LogP contribution in [0.4, 0.5) is 15.6 Å². The molecular formula is C17H14N6O3S2. The summed E-state index contributed by atoms with van der Waals surface area (Å²) in [4.78, 5) is 28.4. The second kappa shape index (κ2) is 7.82. The first kappa shape index (κ1) is 18.2. The Hall–Kier alpha value is -3.18. The SMILES string of the molecule is Cc1cc2nc(CSc3nnc(NC(=O)Nc4ccccc4)s3)cc(=O)n2o1. The summed E-state index contributed by atoms with van der Waals surface area (Å²) in [5.74, 6) is 1.06. The van der Waals surface area contributed by atoms with Crippen LogP contribution < -0.4 is 16.2 Å². The molecule has 142 valence electrons. The molecule has 11 heteroatoms. The predicted octanol–water partition coefficient (Wildman–Crippen LogP) is 3.38. The molecule has 4 rings (SSSR count). The molecule has 28 heavy (non-hydrogen) atoms. The van der Waals surface area contributed by atoms with Crippen LogP contribution in [0.2, 0.25) is 0 Å².